The van der Waals surface area contributed by atoms with E-state index in [1.807, 2.05) is 36.4 Å². The quantitative estimate of drug-likeness (QED) is 0.424. The summed E-state index contributed by atoms with van der Waals surface area (Å²) in [6.07, 6.45) is 0.571. The van der Waals surface area contributed by atoms with Crippen LogP contribution in [0.2, 0.25) is 0 Å². The Morgan fingerprint density at radius 1 is 1.00 bits per heavy atom. The van der Waals surface area contributed by atoms with Crippen LogP contribution < -0.4 is 10.6 Å². The molecule has 0 heterocycles. The van der Waals surface area contributed by atoms with Gasteiger partial charge in [0.1, 0.15) is 12.6 Å². The van der Waals surface area contributed by atoms with Crippen LogP contribution >= 0.6 is 0 Å². The SMILES string of the molecule is COCCCC(NC(=O)OCC1c2ccccc2-c2ccccc21)C(=O)NCCCC(=O)O. The molecule has 0 fully saturated rings. The fourth-order valence-electron chi connectivity index (χ4n) is 4.06. The molecule has 33 heavy (non-hydrogen) atoms. The molecule has 1 unspecified atom stereocenters. The lowest BCUT2D eigenvalue weighted by molar-refractivity contribution is -0.137. The van der Waals surface area contributed by atoms with E-state index in [-0.39, 0.29) is 31.4 Å². The number of nitrogens with one attached hydrogen (secondary N) is 2. The average Bonchev–Trinajstić information content (AvgIpc) is 3.13. The van der Waals surface area contributed by atoms with Crippen LogP contribution in [0.3, 0.4) is 0 Å². The molecule has 0 radical (unpaired) electrons. The topological polar surface area (TPSA) is 114 Å². The first-order valence-corrected chi connectivity index (χ1v) is 11.1. The average molecular weight is 455 g/mol. The molecule has 8 heteroatoms. The minimum atomic E-state index is -0.919. The van der Waals surface area contributed by atoms with E-state index >= 15 is 0 Å². The lowest BCUT2D eigenvalue weighted by Crippen LogP contribution is -2.47. The summed E-state index contributed by atoms with van der Waals surface area (Å²) in [4.78, 5) is 35.7. The fourth-order valence-corrected chi connectivity index (χ4v) is 4.06. The van der Waals surface area contributed by atoms with Crippen LogP contribution in [0, 0.1) is 0 Å². The van der Waals surface area contributed by atoms with Crippen molar-refractivity contribution in [3.8, 4) is 11.1 Å². The van der Waals surface area contributed by atoms with Gasteiger partial charge in [-0.25, -0.2) is 4.79 Å². The van der Waals surface area contributed by atoms with Crippen molar-refractivity contribution in [2.24, 2.45) is 0 Å². The molecule has 0 saturated carbocycles. The molecule has 1 aliphatic carbocycles. The van der Waals surface area contributed by atoms with E-state index in [9.17, 15) is 14.4 Å². The highest BCUT2D eigenvalue weighted by Crippen LogP contribution is 2.44. The van der Waals surface area contributed by atoms with Crippen molar-refractivity contribution in [3.63, 3.8) is 0 Å². The van der Waals surface area contributed by atoms with Gasteiger partial charge in [-0.05, 0) is 41.5 Å². The number of benzene rings is 2. The largest absolute Gasteiger partial charge is 0.481 e. The van der Waals surface area contributed by atoms with E-state index in [1.54, 1.807) is 7.11 Å². The van der Waals surface area contributed by atoms with Gasteiger partial charge in [0.25, 0.3) is 0 Å². The van der Waals surface area contributed by atoms with Gasteiger partial charge in [0, 0.05) is 32.6 Å². The van der Waals surface area contributed by atoms with E-state index in [0.717, 1.165) is 22.3 Å². The van der Waals surface area contributed by atoms with Crippen LogP contribution in [0.15, 0.2) is 48.5 Å². The summed E-state index contributed by atoms with van der Waals surface area (Å²) in [7, 11) is 1.57. The van der Waals surface area contributed by atoms with Crippen molar-refractivity contribution in [1.29, 1.82) is 0 Å². The van der Waals surface area contributed by atoms with E-state index in [0.29, 0.717) is 25.9 Å². The van der Waals surface area contributed by atoms with Crippen LogP contribution in [0.1, 0.15) is 42.7 Å². The Hall–Kier alpha value is -3.39. The second-order valence-electron chi connectivity index (χ2n) is 7.95. The normalized spacial score (nSPS) is 13.0. The standard InChI is InChI=1S/C25H30N2O6/c1-32-15-7-12-22(24(30)26-14-6-13-23(28)29)27-25(31)33-16-21-19-10-4-2-8-17(19)18-9-3-5-11-20(18)21/h2-5,8-11,21-22H,6-7,12-16H2,1H3,(H,26,30)(H,27,31)(H,28,29). The maximum absolute atomic E-state index is 12.6. The monoisotopic (exact) mass is 454 g/mol. The molecule has 0 saturated heterocycles. The number of rotatable bonds is 12. The van der Waals surface area contributed by atoms with Crippen molar-refractivity contribution < 1.29 is 29.0 Å². The van der Waals surface area contributed by atoms with Gasteiger partial charge in [0.2, 0.25) is 5.91 Å². The maximum Gasteiger partial charge on any atom is 0.407 e. The Labute approximate surface area is 193 Å². The summed E-state index contributed by atoms with van der Waals surface area (Å²) in [5.41, 5.74) is 4.50. The minimum absolute atomic E-state index is 0.0333. The Bertz CT molecular complexity index is 931. The highest BCUT2D eigenvalue weighted by molar-refractivity contribution is 5.85. The molecule has 3 N–H and O–H groups in total. The second kappa shape index (κ2) is 12.0. The molecule has 2 amide bonds. The third-order valence-corrected chi connectivity index (χ3v) is 5.66. The van der Waals surface area contributed by atoms with Crippen LogP contribution in [0.25, 0.3) is 11.1 Å². The molecule has 1 atom stereocenters. The Morgan fingerprint density at radius 3 is 2.24 bits per heavy atom. The van der Waals surface area contributed by atoms with Gasteiger partial charge in [-0.3, -0.25) is 9.59 Å². The molecule has 0 aliphatic heterocycles. The highest BCUT2D eigenvalue weighted by Gasteiger charge is 2.29. The van der Waals surface area contributed by atoms with E-state index in [4.69, 9.17) is 14.6 Å². The zero-order valence-corrected chi connectivity index (χ0v) is 18.7. The number of ether oxygens (including phenoxy) is 2. The molecule has 0 aromatic heterocycles. The van der Waals surface area contributed by atoms with Crippen molar-refractivity contribution in [3.05, 3.63) is 59.7 Å². The summed E-state index contributed by atoms with van der Waals surface area (Å²) in [5, 5.41) is 14.1. The number of aliphatic carboxylic acids is 1. The van der Waals surface area contributed by atoms with Crippen LogP contribution in [0.5, 0.6) is 0 Å². The number of fused-ring (bicyclic) bond motifs is 3. The first-order chi connectivity index (χ1) is 16.0. The van der Waals surface area contributed by atoms with Crippen LogP contribution in [-0.4, -0.2) is 56.0 Å². The van der Waals surface area contributed by atoms with E-state index in [2.05, 4.69) is 22.8 Å². The number of alkyl carbamates (subject to hydrolysis) is 1. The summed E-state index contributed by atoms with van der Waals surface area (Å²) >= 11 is 0. The maximum atomic E-state index is 12.6. The first-order valence-electron chi connectivity index (χ1n) is 11.1. The predicted octanol–water partition coefficient (Wildman–Crippen LogP) is 3.30. The smallest absolute Gasteiger partial charge is 0.407 e. The predicted molar refractivity (Wildman–Crippen MR) is 123 cm³/mol. The Balaban J connectivity index is 1.58. The van der Waals surface area contributed by atoms with Gasteiger partial charge in [-0.2, -0.15) is 0 Å². The highest BCUT2D eigenvalue weighted by atomic mass is 16.5. The third-order valence-electron chi connectivity index (χ3n) is 5.66. The number of carbonyl (C=O) groups is 3. The van der Waals surface area contributed by atoms with Crippen molar-refractivity contribution in [2.45, 2.75) is 37.6 Å². The number of carboxylic acids is 1. The summed E-state index contributed by atoms with van der Waals surface area (Å²) in [6.45, 7) is 0.832. The summed E-state index contributed by atoms with van der Waals surface area (Å²) < 4.78 is 10.6. The second-order valence-corrected chi connectivity index (χ2v) is 7.95. The summed E-state index contributed by atoms with van der Waals surface area (Å²) in [5.74, 6) is -1.36. The zero-order chi connectivity index (χ0) is 23.6. The van der Waals surface area contributed by atoms with Crippen molar-refractivity contribution in [1.82, 2.24) is 10.6 Å². The molecule has 1 aliphatic rings. The molecule has 3 rings (SSSR count). The zero-order valence-electron chi connectivity index (χ0n) is 18.7. The van der Waals surface area contributed by atoms with Crippen LogP contribution in [0.4, 0.5) is 4.79 Å². The van der Waals surface area contributed by atoms with Crippen molar-refractivity contribution >= 4 is 18.0 Å². The van der Waals surface area contributed by atoms with Gasteiger partial charge >= 0.3 is 12.1 Å². The molecule has 0 bridgehead atoms. The number of carboxylic acid groups (broad SMARTS) is 1. The molecule has 176 valence electrons. The Kier molecular flexibility index (Phi) is 8.83. The van der Waals surface area contributed by atoms with Gasteiger partial charge < -0.3 is 25.2 Å². The number of carbonyl (C=O) groups excluding carboxylic acids is 2. The lowest BCUT2D eigenvalue weighted by atomic mass is 9.98. The number of amides is 2. The number of hydrogen-bond acceptors (Lipinski definition) is 5. The van der Waals surface area contributed by atoms with Gasteiger partial charge in [-0.15, -0.1) is 0 Å². The number of methoxy groups -OCH3 is 1. The van der Waals surface area contributed by atoms with Gasteiger partial charge in [-0.1, -0.05) is 48.5 Å². The van der Waals surface area contributed by atoms with Gasteiger partial charge in [0.15, 0.2) is 0 Å². The molecular formula is C25H30N2O6. The molecule has 8 nitrogen and oxygen atoms in total. The van der Waals surface area contributed by atoms with Crippen LogP contribution in [-0.2, 0) is 19.1 Å². The fraction of sp³-hybridized carbons (Fsp3) is 0.400. The van der Waals surface area contributed by atoms with E-state index in [1.165, 1.54) is 0 Å². The molecule has 2 aromatic carbocycles. The van der Waals surface area contributed by atoms with Crippen molar-refractivity contribution in [2.75, 3.05) is 26.9 Å². The summed E-state index contributed by atoms with van der Waals surface area (Å²) in [6, 6.07) is 15.3. The lowest BCUT2D eigenvalue weighted by Gasteiger charge is -2.19. The minimum Gasteiger partial charge on any atom is -0.481 e. The molecule has 2 aromatic rings. The first kappa shape index (κ1) is 24.3. The van der Waals surface area contributed by atoms with E-state index < -0.39 is 18.1 Å². The third kappa shape index (κ3) is 6.55. The number of hydrogen-bond donors (Lipinski definition) is 3. The molecular weight excluding hydrogens is 424 g/mol. The Morgan fingerprint density at radius 2 is 1.64 bits per heavy atom. The van der Waals surface area contributed by atoms with Gasteiger partial charge in [0.05, 0.1) is 0 Å². The molecule has 0 spiro atoms.